The van der Waals surface area contributed by atoms with Gasteiger partial charge >= 0.3 is 0 Å². The third kappa shape index (κ3) is 3.18. The molecule has 0 spiro atoms. The summed E-state index contributed by atoms with van der Waals surface area (Å²) in [7, 11) is 1.59. The molecule has 0 unspecified atom stereocenters. The lowest BCUT2D eigenvalue weighted by Crippen LogP contribution is -2.52. The molecule has 1 atom stereocenters. The molecule has 1 aromatic carbocycles. The molecule has 0 saturated carbocycles. The predicted octanol–water partition coefficient (Wildman–Crippen LogP) is 2.03. The van der Waals surface area contributed by atoms with E-state index in [4.69, 9.17) is 4.74 Å². The highest BCUT2D eigenvalue weighted by molar-refractivity contribution is 6.02. The zero-order chi connectivity index (χ0) is 19.0. The van der Waals surface area contributed by atoms with Crippen molar-refractivity contribution in [3.63, 3.8) is 0 Å². The molecule has 1 N–H and O–H groups in total. The van der Waals surface area contributed by atoms with Gasteiger partial charge in [-0.05, 0) is 37.3 Å². The molecule has 2 aliphatic rings. The number of fused-ring (bicyclic) bond motifs is 1. The molecule has 1 saturated heterocycles. The topological polar surface area (TPSA) is 78.5 Å². The van der Waals surface area contributed by atoms with Crippen LogP contribution in [0.15, 0.2) is 24.3 Å². The van der Waals surface area contributed by atoms with Crippen LogP contribution in [0.4, 0.5) is 5.69 Å². The van der Waals surface area contributed by atoms with Gasteiger partial charge in [0, 0.05) is 24.3 Å². The summed E-state index contributed by atoms with van der Waals surface area (Å²) in [4.78, 5) is 29.0. The predicted molar refractivity (Wildman–Crippen MR) is 101 cm³/mol. The lowest BCUT2D eigenvalue weighted by molar-refractivity contribution is -0.120. The Morgan fingerprint density at radius 1 is 1.30 bits per heavy atom. The van der Waals surface area contributed by atoms with E-state index in [1.54, 1.807) is 16.9 Å². The van der Waals surface area contributed by atoms with Crippen LogP contribution >= 0.6 is 0 Å². The molecule has 1 aromatic heterocycles. The Morgan fingerprint density at radius 2 is 2.11 bits per heavy atom. The Morgan fingerprint density at radius 3 is 2.89 bits per heavy atom. The van der Waals surface area contributed by atoms with Gasteiger partial charge in [0.2, 0.25) is 5.91 Å². The summed E-state index contributed by atoms with van der Waals surface area (Å²) in [5.41, 5.74) is 3.31. The van der Waals surface area contributed by atoms with E-state index in [1.165, 1.54) is 0 Å². The van der Waals surface area contributed by atoms with Crippen molar-refractivity contribution in [1.82, 2.24) is 15.1 Å². The molecule has 2 amide bonds. The Bertz CT molecular complexity index is 876. The molecule has 7 heteroatoms. The first-order chi connectivity index (χ1) is 13.1. The van der Waals surface area contributed by atoms with E-state index in [-0.39, 0.29) is 18.4 Å². The standard InChI is InChI=1S/C20H24N4O3/c1-13-7-8-15-14(11-13)19(22-21-15)20(26)23-9-10-24(18(25)12-23)16-5-3-4-6-17(16)27-2/h3-6,13H,7-12H2,1-2H3,(H,21,22)/t13-/m1/s1. The second kappa shape index (κ2) is 7.06. The number of para-hydroxylation sites is 2. The van der Waals surface area contributed by atoms with Gasteiger partial charge < -0.3 is 14.5 Å². The maximum absolute atomic E-state index is 13.0. The Labute approximate surface area is 158 Å². The molecule has 2 aromatic rings. The van der Waals surface area contributed by atoms with Crippen LogP contribution in [0.5, 0.6) is 5.75 Å². The summed E-state index contributed by atoms with van der Waals surface area (Å²) < 4.78 is 5.36. The summed E-state index contributed by atoms with van der Waals surface area (Å²) in [6.45, 7) is 3.15. The number of ether oxygens (including phenoxy) is 1. The van der Waals surface area contributed by atoms with E-state index in [0.29, 0.717) is 30.5 Å². The number of amides is 2. The van der Waals surface area contributed by atoms with Gasteiger partial charge in [-0.15, -0.1) is 0 Å². The van der Waals surface area contributed by atoms with Crippen molar-refractivity contribution in [2.75, 3.05) is 31.6 Å². The van der Waals surface area contributed by atoms with Crippen molar-refractivity contribution < 1.29 is 14.3 Å². The van der Waals surface area contributed by atoms with Gasteiger partial charge in [-0.3, -0.25) is 14.7 Å². The van der Waals surface area contributed by atoms with Gasteiger partial charge in [0.15, 0.2) is 5.69 Å². The first-order valence-corrected chi connectivity index (χ1v) is 9.37. The number of rotatable bonds is 3. The second-order valence-corrected chi connectivity index (χ2v) is 7.32. The molecular weight excluding hydrogens is 344 g/mol. The number of carbonyl (C=O) groups excluding carboxylic acids is 2. The fourth-order valence-corrected chi connectivity index (χ4v) is 3.95. The molecule has 27 heavy (non-hydrogen) atoms. The van der Waals surface area contributed by atoms with Crippen molar-refractivity contribution in [2.24, 2.45) is 5.92 Å². The summed E-state index contributed by atoms with van der Waals surface area (Å²) in [6, 6.07) is 7.44. The fourth-order valence-electron chi connectivity index (χ4n) is 3.95. The number of methoxy groups -OCH3 is 1. The Balaban J connectivity index is 1.51. The molecule has 2 heterocycles. The fraction of sp³-hybridized carbons (Fsp3) is 0.450. The van der Waals surface area contributed by atoms with E-state index < -0.39 is 0 Å². The van der Waals surface area contributed by atoms with Crippen LogP contribution in [0.25, 0.3) is 0 Å². The molecule has 1 aliphatic heterocycles. The van der Waals surface area contributed by atoms with Crippen LogP contribution in [0, 0.1) is 5.92 Å². The largest absolute Gasteiger partial charge is 0.495 e. The van der Waals surface area contributed by atoms with Crippen LogP contribution in [0.3, 0.4) is 0 Å². The van der Waals surface area contributed by atoms with Gasteiger partial charge in [0.05, 0.1) is 12.8 Å². The average molecular weight is 368 g/mol. The summed E-state index contributed by atoms with van der Waals surface area (Å²) in [5.74, 6) is 0.929. The van der Waals surface area contributed by atoms with Gasteiger partial charge in [0.25, 0.3) is 5.91 Å². The summed E-state index contributed by atoms with van der Waals surface area (Å²) in [6.07, 6.45) is 2.90. The zero-order valence-electron chi connectivity index (χ0n) is 15.7. The number of anilines is 1. The number of aromatic nitrogens is 2. The minimum absolute atomic E-state index is 0.0497. The average Bonchev–Trinajstić information content (AvgIpc) is 3.10. The number of hydrogen-bond acceptors (Lipinski definition) is 4. The summed E-state index contributed by atoms with van der Waals surface area (Å²) >= 11 is 0. The SMILES string of the molecule is COc1ccccc1N1CCN(C(=O)c2n[nH]c3c2C[C@H](C)CC3)CC1=O. The minimum atomic E-state index is -0.158. The summed E-state index contributed by atoms with van der Waals surface area (Å²) in [5, 5.41) is 7.29. The lowest BCUT2D eigenvalue weighted by atomic mass is 9.87. The molecule has 0 bridgehead atoms. The van der Waals surface area contributed by atoms with Crippen LogP contribution in [-0.4, -0.2) is 53.7 Å². The molecule has 4 rings (SSSR count). The third-order valence-corrected chi connectivity index (χ3v) is 5.48. The molecule has 0 radical (unpaired) electrons. The minimum Gasteiger partial charge on any atom is -0.495 e. The highest BCUT2D eigenvalue weighted by atomic mass is 16.5. The second-order valence-electron chi connectivity index (χ2n) is 7.32. The van der Waals surface area contributed by atoms with Crippen LogP contribution < -0.4 is 9.64 Å². The lowest BCUT2D eigenvalue weighted by Gasteiger charge is -2.34. The maximum Gasteiger partial charge on any atom is 0.275 e. The van der Waals surface area contributed by atoms with Crippen molar-refractivity contribution in [2.45, 2.75) is 26.2 Å². The Kier molecular flexibility index (Phi) is 4.59. The number of hydrogen-bond donors (Lipinski definition) is 1. The molecule has 142 valence electrons. The molecule has 7 nitrogen and oxygen atoms in total. The molecular formula is C20H24N4O3. The number of benzene rings is 1. The van der Waals surface area contributed by atoms with Crippen LogP contribution in [-0.2, 0) is 17.6 Å². The highest BCUT2D eigenvalue weighted by Crippen LogP contribution is 2.30. The highest BCUT2D eigenvalue weighted by Gasteiger charge is 2.33. The van der Waals surface area contributed by atoms with E-state index in [1.807, 2.05) is 24.3 Å². The van der Waals surface area contributed by atoms with E-state index in [0.717, 1.165) is 36.2 Å². The number of aryl methyl sites for hydroxylation is 1. The normalized spacial score (nSPS) is 19.8. The van der Waals surface area contributed by atoms with E-state index in [9.17, 15) is 9.59 Å². The van der Waals surface area contributed by atoms with E-state index in [2.05, 4.69) is 17.1 Å². The van der Waals surface area contributed by atoms with Crippen molar-refractivity contribution in [1.29, 1.82) is 0 Å². The van der Waals surface area contributed by atoms with Gasteiger partial charge in [-0.2, -0.15) is 5.10 Å². The quantitative estimate of drug-likeness (QED) is 0.899. The van der Waals surface area contributed by atoms with Crippen molar-refractivity contribution in [3.05, 3.63) is 41.2 Å². The third-order valence-electron chi connectivity index (χ3n) is 5.48. The van der Waals surface area contributed by atoms with Crippen molar-refractivity contribution in [3.8, 4) is 5.75 Å². The number of nitrogens with zero attached hydrogens (tertiary/aromatic N) is 3. The monoisotopic (exact) mass is 368 g/mol. The first-order valence-electron chi connectivity index (χ1n) is 9.37. The van der Waals surface area contributed by atoms with Gasteiger partial charge in [-0.1, -0.05) is 19.1 Å². The van der Waals surface area contributed by atoms with E-state index >= 15 is 0 Å². The van der Waals surface area contributed by atoms with Crippen LogP contribution in [0.2, 0.25) is 0 Å². The number of nitrogens with one attached hydrogen (secondary N) is 1. The van der Waals surface area contributed by atoms with Crippen LogP contribution in [0.1, 0.15) is 35.1 Å². The van der Waals surface area contributed by atoms with Crippen molar-refractivity contribution >= 4 is 17.5 Å². The van der Waals surface area contributed by atoms with Gasteiger partial charge in [0.1, 0.15) is 12.3 Å². The Hall–Kier alpha value is -2.83. The number of piperazine rings is 1. The molecule has 1 aliphatic carbocycles. The number of H-pyrrole nitrogens is 1. The smallest absolute Gasteiger partial charge is 0.275 e. The number of aromatic amines is 1. The van der Waals surface area contributed by atoms with Gasteiger partial charge in [-0.25, -0.2) is 0 Å². The number of carbonyl (C=O) groups is 2. The first kappa shape index (κ1) is 17.6. The zero-order valence-corrected chi connectivity index (χ0v) is 15.7. The maximum atomic E-state index is 13.0. The molecule has 1 fully saturated rings.